The molecule has 9 heteroatoms. The Morgan fingerprint density at radius 2 is 2.00 bits per heavy atom. The summed E-state index contributed by atoms with van der Waals surface area (Å²) >= 11 is 1.66. The van der Waals surface area contributed by atoms with Gasteiger partial charge in [-0.05, 0) is 54.5 Å². The van der Waals surface area contributed by atoms with Crippen molar-refractivity contribution in [2.24, 2.45) is 0 Å². The summed E-state index contributed by atoms with van der Waals surface area (Å²) in [4.78, 5) is 4.92. The number of fused-ring (bicyclic) bond motifs is 1. The molecule has 1 aliphatic carbocycles. The van der Waals surface area contributed by atoms with Crippen molar-refractivity contribution < 1.29 is 13.9 Å². The molecule has 0 saturated heterocycles. The monoisotopic (exact) mass is 459 g/mol. The lowest BCUT2D eigenvalue weighted by Gasteiger charge is -2.41. The number of hydrogen-bond acceptors (Lipinski definition) is 8. The second kappa shape index (κ2) is 8.19. The number of aryl methyl sites for hydroxylation is 1. The van der Waals surface area contributed by atoms with Crippen LogP contribution in [0.2, 0.25) is 0 Å². The first-order chi connectivity index (χ1) is 15.0. The first-order valence-electron chi connectivity index (χ1n) is 10.7. The SMILES string of the molecule is CSN(C)c1cc(C(C)(C)C)c2nc(-c3nnc(N[C@H]4C[C@](O)(CF)C4)o3)cc(C)c2c1. The van der Waals surface area contributed by atoms with Gasteiger partial charge in [0.2, 0.25) is 0 Å². The predicted octanol–water partition coefficient (Wildman–Crippen LogP) is 4.88. The van der Waals surface area contributed by atoms with Crippen LogP contribution in [-0.4, -0.2) is 51.9 Å². The van der Waals surface area contributed by atoms with Crippen molar-refractivity contribution in [1.82, 2.24) is 15.2 Å². The zero-order valence-corrected chi connectivity index (χ0v) is 20.2. The Morgan fingerprint density at radius 1 is 1.28 bits per heavy atom. The van der Waals surface area contributed by atoms with Gasteiger partial charge in [0.1, 0.15) is 12.4 Å². The lowest BCUT2D eigenvalue weighted by atomic mass is 9.77. The van der Waals surface area contributed by atoms with Crippen molar-refractivity contribution in [3.05, 3.63) is 29.3 Å². The van der Waals surface area contributed by atoms with E-state index < -0.39 is 12.3 Å². The highest BCUT2D eigenvalue weighted by molar-refractivity contribution is 7.99. The second-order valence-electron chi connectivity index (χ2n) is 9.66. The summed E-state index contributed by atoms with van der Waals surface area (Å²) in [5.41, 5.74) is 3.55. The van der Waals surface area contributed by atoms with Gasteiger partial charge in [-0.1, -0.05) is 37.8 Å². The van der Waals surface area contributed by atoms with Gasteiger partial charge in [-0.15, -0.1) is 5.10 Å². The average Bonchev–Trinajstić information content (AvgIpc) is 3.19. The zero-order valence-electron chi connectivity index (χ0n) is 19.4. The molecule has 1 aromatic carbocycles. The Morgan fingerprint density at radius 3 is 2.62 bits per heavy atom. The van der Waals surface area contributed by atoms with Crippen LogP contribution in [0.4, 0.5) is 16.1 Å². The molecule has 0 bridgehead atoms. The zero-order chi connectivity index (χ0) is 23.3. The molecule has 0 spiro atoms. The molecule has 0 amide bonds. The number of hydrogen-bond donors (Lipinski definition) is 2. The van der Waals surface area contributed by atoms with Crippen LogP contribution in [0.3, 0.4) is 0 Å². The molecule has 1 fully saturated rings. The summed E-state index contributed by atoms with van der Waals surface area (Å²) < 4.78 is 20.7. The van der Waals surface area contributed by atoms with Crippen molar-refractivity contribution in [3.63, 3.8) is 0 Å². The maximum atomic E-state index is 12.8. The smallest absolute Gasteiger partial charge is 0.316 e. The van der Waals surface area contributed by atoms with Gasteiger partial charge in [0.25, 0.3) is 5.89 Å². The van der Waals surface area contributed by atoms with Gasteiger partial charge in [0.15, 0.2) is 0 Å². The van der Waals surface area contributed by atoms with Gasteiger partial charge in [-0.3, -0.25) is 0 Å². The highest BCUT2D eigenvalue weighted by atomic mass is 32.2. The van der Waals surface area contributed by atoms with Gasteiger partial charge in [-0.2, -0.15) is 0 Å². The fourth-order valence-corrected chi connectivity index (χ4v) is 4.39. The molecular weight excluding hydrogens is 429 g/mol. The minimum absolute atomic E-state index is 0.0883. The standard InChI is InChI=1S/C23H30FN5O2S/c1-13-7-18(20-27-28-21(31-20)25-14-10-23(30,11-14)12-24)26-19-16(13)8-15(29(5)32-6)9-17(19)22(2,3)4/h7-9,14,30H,10-12H2,1-6H3,(H,25,28)/t14-,23+. The Bertz CT molecular complexity index is 1140. The summed E-state index contributed by atoms with van der Waals surface area (Å²) in [6, 6.07) is 6.47. The van der Waals surface area contributed by atoms with Crippen LogP contribution in [0.1, 0.15) is 44.7 Å². The fourth-order valence-electron chi connectivity index (χ4n) is 4.07. The molecule has 7 nitrogen and oxygen atoms in total. The Labute approximate surface area is 191 Å². The van der Waals surface area contributed by atoms with Gasteiger partial charge >= 0.3 is 6.01 Å². The molecule has 0 radical (unpaired) electrons. The molecular formula is C23H30FN5O2S. The number of halogens is 1. The van der Waals surface area contributed by atoms with Crippen LogP contribution in [0.15, 0.2) is 22.6 Å². The molecule has 32 heavy (non-hydrogen) atoms. The molecule has 0 atom stereocenters. The maximum Gasteiger partial charge on any atom is 0.316 e. The largest absolute Gasteiger partial charge is 0.402 e. The molecule has 1 saturated carbocycles. The normalized spacial score (nSPS) is 20.9. The minimum Gasteiger partial charge on any atom is -0.402 e. The van der Waals surface area contributed by atoms with Crippen molar-refractivity contribution in [2.45, 2.75) is 57.6 Å². The Balaban J connectivity index is 1.70. The number of alkyl halides is 1. The van der Waals surface area contributed by atoms with Gasteiger partial charge < -0.3 is 19.1 Å². The quantitative estimate of drug-likeness (QED) is 0.505. The van der Waals surface area contributed by atoms with Crippen molar-refractivity contribution >= 4 is 34.6 Å². The molecule has 4 rings (SSSR count). The van der Waals surface area contributed by atoms with E-state index in [1.54, 1.807) is 11.9 Å². The number of aliphatic hydroxyl groups is 1. The van der Waals surface area contributed by atoms with Crippen LogP contribution < -0.4 is 9.62 Å². The third-order valence-electron chi connectivity index (χ3n) is 6.02. The minimum atomic E-state index is -1.23. The van der Waals surface area contributed by atoms with E-state index in [-0.39, 0.29) is 17.5 Å². The molecule has 2 heterocycles. The van der Waals surface area contributed by atoms with E-state index in [1.165, 1.54) is 0 Å². The molecule has 0 unspecified atom stereocenters. The molecule has 3 aromatic rings. The number of nitrogens with zero attached hydrogens (tertiary/aromatic N) is 4. The molecule has 1 aliphatic rings. The molecule has 172 valence electrons. The van der Waals surface area contributed by atoms with Crippen LogP contribution in [0, 0.1) is 6.92 Å². The summed E-state index contributed by atoms with van der Waals surface area (Å²) in [7, 11) is 2.05. The third-order valence-corrected chi connectivity index (χ3v) is 6.78. The number of rotatable bonds is 6. The first-order valence-corrected chi connectivity index (χ1v) is 11.8. The average molecular weight is 460 g/mol. The number of benzene rings is 1. The lowest BCUT2D eigenvalue weighted by Crippen LogP contribution is -2.52. The van der Waals surface area contributed by atoms with Gasteiger partial charge in [-0.25, -0.2) is 9.37 Å². The summed E-state index contributed by atoms with van der Waals surface area (Å²) in [6.45, 7) is 7.86. The van der Waals surface area contributed by atoms with Gasteiger partial charge in [0.05, 0.1) is 11.1 Å². The van der Waals surface area contributed by atoms with E-state index >= 15 is 0 Å². The third kappa shape index (κ3) is 4.28. The first kappa shape index (κ1) is 22.8. The van der Waals surface area contributed by atoms with E-state index in [0.29, 0.717) is 24.4 Å². The van der Waals surface area contributed by atoms with Crippen molar-refractivity contribution in [2.75, 3.05) is 29.6 Å². The van der Waals surface area contributed by atoms with E-state index in [4.69, 9.17) is 9.40 Å². The van der Waals surface area contributed by atoms with E-state index in [1.807, 2.05) is 6.07 Å². The fraction of sp³-hybridized carbons (Fsp3) is 0.522. The van der Waals surface area contributed by atoms with Crippen LogP contribution in [0.5, 0.6) is 0 Å². The molecule has 0 aliphatic heterocycles. The number of pyridine rings is 1. The van der Waals surface area contributed by atoms with Crippen molar-refractivity contribution in [1.29, 1.82) is 0 Å². The van der Waals surface area contributed by atoms with E-state index in [0.717, 1.165) is 27.7 Å². The summed E-state index contributed by atoms with van der Waals surface area (Å²) in [5, 5.41) is 22.2. The Kier molecular flexibility index (Phi) is 5.83. The number of anilines is 2. The number of aromatic nitrogens is 3. The summed E-state index contributed by atoms with van der Waals surface area (Å²) in [5.74, 6) is 0.322. The van der Waals surface area contributed by atoms with E-state index in [9.17, 15) is 9.50 Å². The van der Waals surface area contributed by atoms with Crippen LogP contribution >= 0.6 is 11.9 Å². The highest BCUT2D eigenvalue weighted by Crippen LogP contribution is 2.38. The van der Waals surface area contributed by atoms with E-state index in [2.05, 4.69) is 73.0 Å². The Hall–Kier alpha value is -2.39. The maximum absolute atomic E-state index is 12.8. The van der Waals surface area contributed by atoms with Crippen molar-refractivity contribution in [3.8, 4) is 11.6 Å². The van der Waals surface area contributed by atoms with Crippen LogP contribution in [-0.2, 0) is 5.41 Å². The predicted molar refractivity (Wildman–Crippen MR) is 128 cm³/mol. The molecule has 2 aromatic heterocycles. The lowest BCUT2D eigenvalue weighted by molar-refractivity contribution is -0.0592. The van der Waals surface area contributed by atoms with Gasteiger partial charge in [0, 0.05) is 30.4 Å². The van der Waals surface area contributed by atoms with Crippen LogP contribution in [0.25, 0.3) is 22.5 Å². The topological polar surface area (TPSA) is 87.3 Å². The number of nitrogens with one attached hydrogen (secondary N) is 1. The second-order valence-corrected chi connectivity index (χ2v) is 10.6. The highest BCUT2D eigenvalue weighted by Gasteiger charge is 2.43. The molecule has 2 N–H and O–H groups in total. The summed E-state index contributed by atoms with van der Waals surface area (Å²) in [6.07, 6.45) is 2.69.